The third-order valence-electron chi connectivity index (χ3n) is 4.23. The minimum atomic E-state index is 0.267. The molecule has 0 unspecified atom stereocenters. The minimum absolute atomic E-state index is 0.267. The van der Waals surface area contributed by atoms with E-state index in [1.165, 1.54) is 6.33 Å². The van der Waals surface area contributed by atoms with Crippen molar-refractivity contribution in [1.29, 1.82) is 0 Å². The Balaban J connectivity index is 1.43. The fourth-order valence-electron chi connectivity index (χ4n) is 2.83. The molecule has 28 heavy (non-hydrogen) atoms. The molecule has 144 valence electrons. The number of hydrogen-bond donors (Lipinski definition) is 2. The van der Waals surface area contributed by atoms with E-state index >= 15 is 0 Å². The number of nitrogens with zero attached hydrogens (tertiary/aromatic N) is 2. The van der Waals surface area contributed by atoms with Crippen LogP contribution in [0.2, 0.25) is 0 Å². The Morgan fingerprint density at radius 3 is 2.57 bits per heavy atom. The molecule has 0 saturated heterocycles. The van der Waals surface area contributed by atoms with E-state index in [1.807, 2.05) is 42.5 Å². The van der Waals surface area contributed by atoms with Gasteiger partial charge < -0.3 is 29.6 Å². The number of fused-ring (bicyclic) bond motifs is 1. The highest BCUT2D eigenvalue weighted by atomic mass is 16.7. The van der Waals surface area contributed by atoms with Crippen molar-refractivity contribution in [1.82, 2.24) is 9.97 Å². The molecule has 0 fully saturated rings. The van der Waals surface area contributed by atoms with Crippen LogP contribution in [-0.4, -0.2) is 31.0 Å². The van der Waals surface area contributed by atoms with Gasteiger partial charge in [0.05, 0.1) is 14.2 Å². The van der Waals surface area contributed by atoms with Gasteiger partial charge in [0.2, 0.25) is 6.79 Å². The SMILES string of the molecule is COc1ccc(Nc2cc(NCc3ccc4c(c3)OCO4)ncn2)cc1OC. The van der Waals surface area contributed by atoms with E-state index in [2.05, 4.69) is 20.6 Å². The molecular formula is C20H20N4O4. The van der Waals surface area contributed by atoms with Gasteiger partial charge in [0.15, 0.2) is 23.0 Å². The predicted octanol–water partition coefficient (Wildman–Crippen LogP) is 3.58. The molecule has 2 heterocycles. The van der Waals surface area contributed by atoms with Crippen molar-refractivity contribution < 1.29 is 18.9 Å². The average Bonchev–Trinajstić information content (AvgIpc) is 3.20. The lowest BCUT2D eigenvalue weighted by Crippen LogP contribution is -2.03. The van der Waals surface area contributed by atoms with Gasteiger partial charge in [-0.15, -0.1) is 0 Å². The van der Waals surface area contributed by atoms with Crippen LogP contribution in [-0.2, 0) is 6.54 Å². The van der Waals surface area contributed by atoms with Crippen LogP contribution in [0.1, 0.15) is 5.56 Å². The molecule has 0 atom stereocenters. The number of aromatic nitrogens is 2. The van der Waals surface area contributed by atoms with Crippen LogP contribution < -0.4 is 29.6 Å². The highest BCUT2D eigenvalue weighted by Gasteiger charge is 2.13. The second kappa shape index (κ2) is 7.91. The zero-order valence-corrected chi connectivity index (χ0v) is 15.6. The molecule has 0 amide bonds. The number of ether oxygens (including phenoxy) is 4. The molecule has 0 aliphatic carbocycles. The number of methoxy groups -OCH3 is 2. The Morgan fingerprint density at radius 1 is 0.893 bits per heavy atom. The molecule has 0 bridgehead atoms. The summed E-state index contributed by atoms with van der Waals surface area (Å²) in [7, 11) is 3.21. The number of benzene rings is 2. The lowest BCUT2D eigenvalue weighted by Gasteiger charge is -2.12. The first-order valence-electron chi connectivity index (χ1n) is 8.68. The molecule has 1 aliphatic rings. The topological polar surface area (TPSA) is 86.8 Å². The fourth-order valence-corrected chi connectivity index (χ4v) is 2.83. The maximum absolute atomic E-state index is 5.41. The summed E-state index contributed by atoms with van der Waals surface area (Å²) < 4.78 is 21.3. The van der Waals surface area contributed by atoms with Crippen molar-refractivity contribution in [3.8, 4) is 23.0 Å². The summed E-state index contributed by atoms with van der Waals surface area (Å²) in [6, 6.07) is 13.3. The van der Waals surface area contributed by atoms with Crippen molar-refractivity contribution in [3.05, 3.63) is 54.4 Å². The quantitative estimate of drug-likeness (QED) is 0.643. The molecule has 4 rings (SSSR count). The second-order valence-corrected chi connectivity index (χ2v) is 6.02. The van der Waals surface area contributed by atoms with Gasteiger partial charge in [-0.25, -0.2) is 9.97 Å². The Kier molecular flexibility index (Phi) is 5.01. The molecule has 3 aromatic rings. The molecular weight excluding hydrogens is 360 g/mol. The molecule has 8 heteroatoms. The van der Waals surface area contributed by atoms with E-state index in [1.54, 1.807) is 14.2 Å². The first-order chi connectivity index (χ1) is 13.7. The van der Waals surface area contributed by atoms with Crippen molar-refractivity contribution in [2.24, 2.45) is 0 Å². The molecule has 0 spiro atoms. The van der Waals surface area contributed by atoms with Crippen LogP contribution in [0.25, 0.3) is 0 Å². The third kappa shape index (κ3) is 3.85. The van der Waals surface area contributed by atoms with E-state index in [0.717, 1.165) is 22.7 Å². The standard InChI is InChI=1S/C20H20N4O4/c1-25-15-6-4-14(8-17(15)26-2)24-20-9-19(22-11-23-20)21-10-13-3-5-16-18(7-13)28-12-27-16/h3-9,11H,10,12H2,1-2H3,(H2,21,22,23,24). The maximum Gasteiger partial charge on any atom is 0.231 e. The van der Waals surface area contributed by atoms with Crippen LogP contribution in [0.5, 0.6) is 23.0 Å². The average molecular weight is 380 g/mol. The largest absolute Gasteiger partial charge is 0.493 e. The van der Waals surface area contributed by atoms with Gasteiger partial charge >= 0.3 is 0 Å². The summed E-state index contributed by atoms with van der Waals surface area (Å²) in [5, 5.41) is 6.53. The van der Waals surface area contributed by atoms with Gasteiger partial charge in [0.1, 0.15) is 18.0 Å². The van der Waals surface area contributed by atoms with Gasteiger partial charge in [0, 0.05) is 24.4 Å². The highest BCUT2D eigenvalue weighted by Crippen LogP contribution is 2.33. The van der Waals surface area contributed by atoms with Gasteiger partial charge in [0.25, 0.3) is 0 Å². The van der Waals surface area contributed by atoms with Crippen LogP contribution in [0.15, 0.2) is 48.8 Å². The summed E-state index contributed by atoms with van der Waals surface area (Å²) in [4.78, 5) is 8.53. The van der Waals surface area contributed by atoms with E-state index in [-0.39, 0.29) is 6.79 Å². The predicted molar refractivity (Wildman–Crippen MR) is 105 cm³/mol. The minimum Gasteiger partial charge on any atom is -0.493 e. The van der Waals surface area contributed by atoms with Gasteiger partial charge in [-0.2, -0.15) is 0 Å². The highest BCUT2D eigenvalue weighted by molar-refractivity contribution is 5.63. The van der Waals surface area contributed by atoms with E-state index in [9.17, 15) is 0 Å². The number of anilines is 3. The smallest absolute Gasteiger partial charge is 0.231 e. The molecule has 2 aromatic carbocycles. The zero-order chi connectivity index (χ0) is 19.3. The Hall–Kier alpha value is -3.68. The Morgan fingerprint density at radius 2 is 1.71 bits per heavy atom. The molecule has 0 radical (unpaired) electrons. The summed E-state index contributed by atoms with van der Waals surface area (Å²) in [5.41, 5.74) is 1.90. The maximum atomic E-state index is 5.41. The molecule has 1 aromatic heterocycles. The van der Waals surface area contributed by atoms with E-state index < -0.39 is 0 Å². The molecule has 0 saturated carbocycles. The van der Waals surface area contributed by atoms with Gasteiger partial charge in [-0.05, 0) is 29.8 Å². The van der Waals surface area contributed by atoms with Gasteiger partial charge in [-0.3, -0.25) is 0 Å². The fraction of sp³-hybridized carbons (Fsp3) is 0.200. The van der Waals surface area contributed by atoms with Crippen LogP contribution in [0, 0.1) is 0 Å². The Bertz CT molecular complexity index is 980. The first-order valence-corrected chi connectivity index (χ1v) is 8.68. The van der Waals surface area contributed by atoms with Crippen molar-refractivity contribution >= 4 is 17.3 Å². The van der Waals surface area contributed by atoms with Crippen molar-refractivity contribution in [3.63, 3.8) is 0 Å². The van der Waals surface area contributed by atoms with E-state index in [4.69, 9.17) is 18.9 Å². The lowest BCUT2D eigenvalue weighted by molar-refractivity contribution is 0.174. The zero-order valence-electron chi connectivity index (χ0n) is 15.6. The number of hydrogen-bond acceptors (Lipinski definition) is 8. The monoisotopic (exact) mass is 380 g/mol. The van der Waals surface area contributed by atoms with Crippen molar-refractivity contribution in [2.45, 2.75) is 6.54 Å². The summed E-state index contributed by atoms with van der Waals surface area (Å²) in [5.74, 6) is 4.21. The van der Waals surface area contributed by atoms with Crippen LogP contribution in [0.3, 0.4) is 0 Å². The molecule has 8 nitrogen and oxygen atoms in total. The summed E-state index contributed by atoms with van der Waals surface area (Å²) in [6.45, 7) is 0.868. The summed E-state index contributed by atoms with van der Waals surface area (Å²) in [6.07, 6.45) is 1.51. The van der Waals surface area contributed by atoms with E-state index in [0.29, 0.717) is 29.7 Å². The second-order valence-electron chi connectivity index (χ2n) is 6.02. The normalized spacial score (nSPS) is 11.8. The molecule has 1 aliphatic heterocycles. The molecule has 2 N–H and O–H groups in total. The number of rotatable bonds is 7. The van der Waals surface area contributed by atoms with Gasteiger partial charge in [-0.1, -0.05) is 6.07 Å². The third-order valence-corrected chi connectivity index (χ3v) is 4.23. The Labute approximate surface area is 162 Å². The summed E-state index contributed by atoms with van der Waals surface area (Å²) >= 11 is 0. The van der Waals surface area contributed by atoms with Crippen LogP contribution >= 0.6 is 0 Å². The lowest BCUT2D eigenvalue weighted by atomic mass is 10.2. The van der Waals surface area contributed by atoms with Crippen molar-refractivity contribution in [2.75, 3.05) is 31.6 Å². The first kappa shape index (κ1) is 17.7. The number of nitrogens with one attached hydrogen (secondary N) is 2. The van der Waals surface area contributed by atoms with Crippen LogP contribution in [0.4, 0.5) is 17.3 Å².